The zero-order chi connectivity index (χ0) is 24.8. The first-order valence-electron chi connectivity index (χ1n) is 10.3. The topological polar surface area (TPSA) is 87.5 Å². The van der Waals surface area contributed by atoms with Crippen LogP contribution in [0.4, 0.5) is 27.8 Å². The Hall–Kier alpha value is -3.54. The van der Waals surface area contributed by atoms with Crippen molar-refractivity contribution in [2.75, 3.05) is 18.0 Å². The number of halogens is 5. The number of hydrogen-bond acceptors (Lipinski definition) is 5. The Balaban J connectivity index is 1.90. The Morgan fingerprint density at radius 3 is 2.53 bits per heavy atom. The lowest BCUT2D eigenvalue weighted by Gasteiger charge is -2.36. The maximum Gasteiger partial charge on any atom is 0.408 e. The molecule has 2 N–H and O–H groups in total. The van der Waals surface area contributed by atoms with Crippen LogP contribution in [0, 0.1) is 11.6 Å². The van der Waals surface area contributed by atoms with Crippen LogP contribution >= 0.6 is 0 Å². The van der Waals surface area contributed by atoms with E-state index in [0.29, 0.717) is 11.9 Å². The van der Waals surface area contributed by atoms with E-state index in [2.05, 4.69) is 4.98 Å². The van der Waals surface area contributed by atoms with Gasteiger partial charge in [0.25, 0.3) is 5.91 Å². The van der Waals surface area contributed by atoms with Gasteiger partial charge >= 0.3 is 6.18 Å². The standard InChI is InChI=1S/C22H19F5N4O3/c1-2-17(22(25,26)27)28-21(34)14-10-31(16-5-3-11(23)7-15(16)24)20-13(19(14)33)4-6-18(29-20)30-8-12(32)9-30/h3-7,10,12,17,32H,2,8-9H2,1H3,(H,28,34)/t17-/m1/s1. The van der Waals surface area contributed by atoms with Crippen molar-refractivity contribution in [1.82, 2.24) is 14.9 Å². The summed E-state index contributed by atoms with van der Waals surface area (Å²) in [5, 5.41) is 11.2. The largest absolute Gasteiger partial charge is 0.408 e. The third kappa shape index (κ3) is 4.32. The van der Waals surface area contributed by atoms with Gasteiger partial charge in [-0.2, -0.15) is 13.2 Å². The minimum Gasteiger partial charge on any atom is -0.389 e. The summed E-state index contributed by atoms with van der Waals surface area (Å²) >= 11 is 0. The van der Waals surface area contributed by atoms with Gasteiger partial charge in [-0.25, -0.2) is 13.8 Å². The van der Waals surface area contributed by atoms with Crippen molar-refractivity contribution in [1.29, 1.82) is 0 Å². The second-order valence-electron chi connectivity index (χ2n) is 7.91. The summed E-state index contributed by atoms with van der Waals surface area (Å²) in [6, 6.07) is 3.18. The van der Waals surface area contributed by atoms with E-state index >= 15 is 0 Å². The molecule has 1 saturated heterocycles. The lowest BCUT2D eigenvalue weighted by Crippen LogP contribution is -2.51. The maximum absolute atomic E-state index is 14.6. The number of aliphatic hydroxyl groups excluding tert-OH is 1. The Bertz CT molecular complexity index is 1320. The molecule has 2 aromatic heterocycles. The first-order valence-corrected chi connectivity index (χ1v) is 10.3. The summed E-state index contributed by atoms with van der Waals surface area (Å²) in [4.78, 5) is 31.8. The van der Waals surface area contributed by atoms with E-state index in [1.54, 1.807) is 10.2 Å². The first-order chi connectivity index (χ1) is 16.0. The Kier molecular flexibility index (Phi) is 6.02. The molecule has 7 nitrogen and oxygen atoms in total. The molecular formula is C22H19F5N4O3. The van der Waals surface area contributed by atoms with Crippen molar-refractivity contribution in [3.63, 3.8) is 0 Å². The van der Waals surface area contributed by atoms with Gasteiger partial charge in [-0.3, -0.25) is 14.2 Å². The zero-order valence-corrected chi connectivity index (χ0v) is 17.7. The van der Waals surface area contributed by atoms with Crippen molar-refractivity contribution in [3.05, 3.63) is 63.9 Å². The Morgan fingerprint density at radius 2 is 1.94 bits per heavy atom. The minimum absolute atomic E-state index is 0.0891. The number of fused-ring (bicyclic) bond motifs is 1. The van der Waals surface area contributed by atoms with Crippen molar-refractivity contribution in [3.8, 4) is 5.69 Å². The molecule has 1 atom stereocenters. The molecule has 12 heteroatoms. The maximum atomic E-state index is 14.6. The number of β-amino-alcohol motifs (C(OH)–C–C–N with tert-alkyl or cyclic N) is 1. The fraction of sp³-hybridized carbons (Fsp3) is 0.318. The highest BCUT2D eigenvalue weighted by atomic mass is 19.4. The number of hydrogen-bond donors (Lipinski definition) is 2. The molecule has 3 aromatic rings. The van der Waals surface area contributed by atoms with E-state index in [4.69, 9.17) is 0 Å². The van der Waals surface area contributed by atoms with E-state index in [9.17, 15) is 36.6 Å². The Labute approximate surface area is 189 Å². The normalized spacial score (nSPS) is 15.3. The van der Waals surface area contributed by atoms with Crippen LogP contribution in [0.5, 0.6) is 0 Å². The summed E-state index contributed by atoms with van der Waals surface area (Å²) in [5.41, 5.74) is -1.91. The molecule has 1 aliphatic heterocycles. The first kappa shape index (κ1) is 23.6. The van der Waals surface area contributed by atoms with Crippen LogP contribution in [0.2, 0.25) is 0 Å². The molecular weight excluding hydrogens is 463 g/mol. The smallest absolute Gasteiger partial charge is 0.389 e. The molecule has 0 unspecified atom stereocenters. The van der Waals surface area contributed by atoms with Gasteiger partial charge in [0, 0.05) is 25.4 Å². The average molecular weight is 482 g/mol. The Morgan fingerprint density at radius 1 is 1.24 bits per heavy atom. The van der Waals surface area contributed by atoms with Gasteiger partial charge in [0.2, 0.25) is 5.43 Å². The summed E-state index contributed by atoms with van der Waals surface area (Å²) < 4.78 is 68.6. The molecule has 34 heavy (non-hydrogen) atoms. The van der Waals surface area contributed by atoms with Gasteiger partial charge in [0.1, 0.15) is 29.1 Å². The number of nitrogens with zero attached hydrogens (tertiary/aromatic N) is 3. The average Bonchev–Trinajstić information content (AvgIpc) is 2.75. The predicted octanol–water partition coefficient (Wildman–Crippen LogP) is 2.92. The summed E-state index contributed by atoms with van der Waals surface area (Å²) in [7, 11) is 0. The van der Waals surface area contributed by atoms with Crippen LogP contribution in [0.1, 0.15) is 23.7 Å². The van der Waals surface area contributed by atoms with Gasteiger partial charge in [0.15, 0.2) is 5.65 Å². The van der Waals surface area contributed by atoms with Crippen molar-refractivity contribution >= 4 is 22.8 Å². The molecule has 0 saturated carbocycles. The van der Waals surface area contributed by atoms with Crippen LogP contribution in [0.15, 0.2) is 41.3 Å². The molecule has 0 aliphatic carbocycles. The van der Waals surface area contributed by atoms with Crippen LogP contribution in [-0.4, -0.2) is 52.0 Å². The monoisotopic (exact) mass is 482 g/mol. The van der Waals surface area contributed by atoms with Crippen LogP contribution in [0.25, 0.3) is 16.7 Å². The second kappa shape index (κ2) is 8.67. The molecule has 1 fully saturated rings. The van der Waals surface area contributed by atoms with Crippen molar-refractivity contribution < 1.29 is 31.9 Å². The van der Waals surface area contributed by atoms with E-state index in [0.717, 1.165) is 22.9 Å². The van der Waals surface area contributed by atoms with Crippen LogP contribution in [-0.2, 0) is 0 Å². The van der Waals surface area contributed by atoms with Gasteiger partial charge < -0.3 is 15.3 Å². The highest BCUT2D eigenvalue weighted by Crippen LogP contribution is 2.26. The van der Waals surface area contributed by atoms with Gasteiger partial charge in [0.05, 0.1) is 17.2 Å². The minimum atomic E-state index is -4.73. The van der Waals surface area contributed by atoms with E-state index in [-0.39, 0.29) is 29.8 Å². The van der Waals surface area contributed by atoms with Crippen molar-refractivity contribution in [2.24, 2.45) is 0 Å². The molecule has 180 valence electrons. The fourth-order valence-electron chi connectivity index (χ4n) is 3.69. The number of anilines is 1. The molecule has 4 rings (SSSR count). The second-order valence-corrected chi connectivity index (χ2v) is 7.91. The fourth-order valence-corrected chi connectivity index (χ4v) is 3.69. The number of aromatic nitrogens is 2. The summed E-state index contributed by atoms with van der Waals surface area (Å²) in [6.45, 7) is 1.79. The lowest BCUT2D eigenvalue weighted by atomic mass is 10.1. The van der Waals surface area contributed by atoms with E-state index < -0.39 is 53.3 Å². The molecule has 3 heterocycles. The number of pyridine rings is 2. The summed E-state index contributed by atoms with van der Waals surface area (Å²) in [5.74, 6) is -2.84. The molecule has 0 spiro atoms. The summed E-state index contributed by atoms with van der Waals surface area (Å²) in [6.07, 6.45) is -4.86. The number of aliphatic hydroxyl groups is 1. The molecule has 1 aliphatic rings. The lowest BCUT2D eigenvalue weighted by molar-refractivity contribution is -0.153. The number of nitrogens with one attached hydrogen (secondary N) is 1. The number of carbonyl (C=O) groups excluding carboxylic acids is 1. The highest BCUT2D eigenvalue weighted by molar-refractivity contribution is 5.97. The van der Waals surface area contributed by atoms with Gasteiger partial charge in [-0.1, -0.05) is 6.92 Å². The molecule has 0 radical (unpaired) electrons. The number of carbonyl (C=O) groups is 1. The van der Waals surface area contributed by atoms with Crippen LogP contribution in [0.3, 0.4) is 0 Å². The number of benzene rings is 1. The zero-order valence-electron chi connectivity index (χ0n) is 17.7. The van der Waals surface area contributed by atoms with E-state index in [1.807, 2.05) is 0 Å². The molecule has 1 aromatic carbocycles. The predicted molar refractivity (Wildman–Crippen MR) is 113 cm³/mol. The highest BCUT2D eigenvalue weighted by Gasteiger charge is 2.39. The van der Waals surface area contributed by atoms with E-state index in [1.165, 1.54) is 19.1 Å². The van der Waals surface area contributed by atoms with Crippen LogP contribution < -0.4 is 15.6 Å². The van der Waals surface area contributed by atoms with Gasteiger partial charge in [-0.15, -0.1) is 0 Å². The third-order valence-corrected chi connectivity index (χ3v) is 5.54. The number of alkyl halides is 3. The number of amides is 1. The van der Waals surface area contributed by atoms with Crippen molar-refractivity contribution in [2.45, 2.75) is 31.7 Å². The number of rotatable bonds is 5. The molecule has 0 bridgehead atoms. The SMILES string of the molecule is CC[C@@H](NC(=O)c1cn(-c2ccc(F)cc2F)c2nc(N3CC(O)C3)ccc2c1=O)C(F)(F)F. The molecule has 1 amide bonds. The quantitative estimate of drug-likeness (QED) is 0.547. The van der Waals surface area contributed by atoms with Gasteiger partial charge in [-0.05, 0) is 30.7 Å². The third-order valence-electron chi connectivity index (χ3n) is 5.54.